The fraction of sp³-hybridized carbons (Fsp3) is 0.200. The Bertz CT molecular complexity index is 469. The van der Waals surface area contributed by atoms with E-state index < -0.39 is 12.4 Å². The number of methoxy groups -OCH3 is 1. The summed E-state index contributed by atoms with van der Waals surface area (Å²) in [7, 11) is 1.13. The largest absolute Gasteiger partial charge is 0.465 e. The van der Waals surface area contributed by atoms with Gasteiger partial charge in [0, 0.05) is 9.13 Å². The van der Waals surface area contributed by atoms with Crippen LogP contribution in [0.2, 0.25) is 0 Å². The van der Waals surface area contributed by atoms with Gasteiger partial charge in [0.05, 0.1) is 18.2 Å². The molecule has 0 unspecified atom stereocenters. The Morgan fingerprint density at radius 2 is 2.19 bits per heavy atom. The molecular weight excluding hydrogens is 331 g/mol. The molecule has 0 atom stereocenters. The molecule has 0 fully saturated rings. The van der Waals surface area contributed by atoms with Gasteiger partial charge in [0.25, 0.3) is 6.43 Å². The van der Waals surface area contributed by atoms with Crippen molar-refractivity contribution < 1.29 is 18.3 Å². The summed E-state index contributed by atoms with van der Waals surface area (Å²) in [6.45, 7) is 0. The highest BCUT2D eigenvalue weighted by molar-refractivity contribution is 14.1. The Balaban J connectivity index is 3.48. The third-order valence-corrected chi connectivity index (χ3v) is 3.08. The molecule has 16 heavy (non-hydrogen) atoms. The lowest BCUT2D eigenvalue weighted by Crippen LogP contribution is -2.09. The normalized spacial score (nSPS) is 10.0. The summed E-state index contributed by atoms with van der Waals surface area (Å²) >= 11 is 1.61. The van der Waals surface area contributed by atoms with Crippen molar-refractivity contribution in [2.24, 2.45) is 0 Å². The lowest BCUT2D eigenvalue weighted by Gasteiger charge is -2.09. The second kappa shape index (κ2) is 5.21. The first-order valence-corrected chi connectivity index (χ1v) is 5.19. The molecule has 0 N–H and O–H groups in total. The van der Waals surface area contributed by atoms with E-state index >= 15 is 0 Å². The predicted octanol–water partition coefficient (Wildman–Crippen LogP) is 2.89. The Kier molecular flexibility index (Phi) is 4.18. The van der Waals surface area contributed by atoms with Crippen LogP contribution >= 0.6 is 22.6 Å². The number of carbonyl (C=O) groups is 1. The smallest absolute Gasteiger partial charge is 0.340 e. The van der Waals surface area contributed by atoms with Crippen molar-refractivity contribution in [3.05, 3.63) is 32.4 Å². The van der Waals surface area contributed by atoms with Gasteiger partial charge in [0.15, 0.2) is 0 Å². The fourth-order valence-electron chi connectivity index (χ4n) is 1.16. The highest BCUT2D eigenvalue weighted by Gasteiger charge is 2.22. The molecule has 0 heterocycles. The van der Waals surface area contributed by atoms with Crippen LogP contribution in [0, 0.1) is 14.9 Å². The molecule has 0 spiro atoms. The van der Waals surface area contributed by atoms with Crippen LogP contribution in [0.15, 0.2) is 12.1 Å². The average molecular weight is 337 g/mol. The standard InChI is InChI=1S/C10H6F2INO2/c1-16-10(15)7-5(4-14)2-3-6(8(7)13)9(11)12/h2-3,9H,1H3. The Hall–Kier alpha value is -1.23. The van der Waals surface area contributed by atoms with Crippen LogP contribution in [0.1, 0.15) is 27.9 Å². The zero-order chi connectivity index (χ0) is 12.3. The number of benzene rings is 1. The summed E-state index contributed by atoms with van der Waals surface area (Å²) < 4.78 is 29.7. The van der Waals surface area contributed by atoms with Gasteiger partial charge in [0.2, 0.25) is 0 Å². The number of alkyl halides is 2. The molecule has 0 amide bonds. The van der Waals surface area contributed by atoms with Crippen LogP contribution in [-0.4, -0.2) is 13.1 Å². The number of esters is 1. The van der Waals surface area contributed by atoms with Gasteiger partial charge in [-0.2, -0.15) is 5.26 Å². The molecule has 0 saturated carbocycles. The van der Waals surface area contributed by atoms with Gasteiger partial charge in [-0.3, -0.25) is 0 Å². The lowest BCUT2D eigenvalue weighted by molar-refractivity contribution is 0.0598. The van der Waals surface area contributed by atoms with Gasteiger partial charge < -0.3 is 4.74 Å². The minimum absolute atomic E-state index is 0.0284. The van der Waals surface area contributed by atoms with Gasteiger partial charge in [-0.1, -0.05) is 6.07 Å². The maximum absolute atomic E-state index is 12.6. The van der Waals surface area contributed by atoms with E-state index in [1.165, 1.54) is 6.07 Å². The molecule has 0 aliphatic heterocycles. The van der Waals surface area contributed by atoms with Crippen LogP contribution < -0.4 is 0 Å². The summed E-state index contributed by atoms with van der Waals surface area (Å²) in [5.74, 6) is -0.788. The molecule has 0 aliphatic rings. The first kappa shape index (κ1) is 12.8. The molecule has 0 radical (unpaired) electrons. The van der Waals surface area contributed by atoms with E-state index in [0.717, 1.165) is 13.2 Å². The summed E-state index contributed by atoms with van der Waals surface area (Å²) in [4.78, 5) is 11.4. The van der Waals surface area contributed by atoms with Crippen LogP contribution in [-0.2, 0) is 4.74 Å². The van der Waals surface area contributed by atoms with E-state index in [4.69, 9.17) is 5.26 Å². The number of hydrogen-bond acceptors (Lipinski definition) is 3. The maximum Gasteiger partial charge on any atom is 0.340 e. The zero-order valence-corrected chi connectivity index (χ0v) is 10.3. The molecule has 0 bridgehead atoms. The van der Waals surface area contributed by atoms with Crippen LogP contribution in [0.4, 0.5) is 8.78 Å². The molecule has 1 rings (SSSR count). The lowest BCUT2D eigenvalue weighted by atomic mass is 10.0. The van der Waals surface area contributed by atoms with Crippen LogP contribution in [0.25, 0.3) is 0 Å². The van der Waals surface area contributed by atoms with E-state index in [1.54, 1.807) is 28.7 Å². The number of nitriles is 1. The van der Waals surface area contributed by atoms with Crippen molar-refractivity contribution in [1.82, 2.24) is 0 Å². The number of hydrogen-bond donors (Lipinski definition) is 0. The van der Waals surface area contributed by atoms with Crippen molar-refractivity contribution in [3.8, 4) is 6.07 Å². The van der Waals surface area contributed by atoms with E-state index in [2.05, 4.69) is 4.74 Å². The zero-order valence-electron chi connectivity index (χ0n) is 8.13. The van der Waals surface area contributed by atoms with E-state index in [0.29, 0.717) is 0 Å². The Morgan fingerprint density at radius 3 is 2.62 bits per heavy atom. The Labute approximate surface area is 104 Å². The molecular formula is C10H6F2INO2. The van der Waals surface area contributed by atoms with Crippen LogP contribution in [0.3, 0.4) is 0 Å². The Morgan fingerprint density at radius 1 is 1.56 bits per heavy atom. The molecule has 84 valence electrons. The quantitative estimate of drug-likeness (QED) is 0.616. The third kappa shape index (κ3) is 2.29. The molecule has 1 aromatic carbocycles. The van der Waals surface area contributed by atoms with Crippen molar-refractivity contribution in [3.63, 3.8) is 0 Å². The van der Waals surface area contributed by atoms with Crippen molar-refractivity contribution in [2.45, 2.75) is 6.43 Å². The van der Waals surface area contributed by atoms with Crippen molar-refractivity contribution >= 4 is 28.6 Å². The first-order chi connectivity index (χ1) is 7.52. The monoisotopic (exact) mass is 337 g/mol. The second-order valence-corrected chi connectivity index (χ2v) is 3.87. The fourth-order valence-corrected chi connectivity index (χ4v) is 2.08. The van der Waals surface area contributed by atoms with Gasteiger partial charge in [0.1, 0.15) is 6.07 Å². The van der Waals surface area contributed by atoms with Crippen molar-refractivity contribution in [1.29, 1.82) is 5.26 Å². The average Bonchev–Trinajstić information content (AvgIpc) is 2.26. The van der Waals surface area contributed by atoms with E-state index in [1.807, 2.05) is 0 Å². The van der Waals surface area contributed by atoms with Crippen molar-refractivity contribution in [2.75, 3.05) is 7.11 Å². The molecule has 6 heteroatoms. The minimum atomic E-state index is -2.69. The predicted molar refractivity (Wildman–Crippen MR) is 60.2 cm³/mol. The topological polar surface area (TPSA) is 50.1 Å². The third-order valence-electron chi connectivity index (χ3n) is 1.92. The number of carbonyl (C=O) groups excluding carboxylic acids is 1. The number of ether oxygens (including phenoxy) is 1. The number of rotatable bonds is 2. The van der Waals surface area contributed by atoms with Gasteiger partial charge in [-0.25, -0.2) is 13.6 Å². The molecule has 3 nitrogen and oxygen atoms in total. The maximum atomic E-state index is 12.6. The summed E-state index contributed by atoms with van der Waals surface area (Å²) in [5, 5.41) is 8.77. The van der Waals surface area contributed by atoms with Gasteiger partial charge in [-0.15, -0.1) is 0 Å². The SMILES string of the molecule is COC(=O)c1c(C#N)ccc(C(F)F)c1I. The molecule has 1 aromatic rings. The summed E-state index contributed by atoms with van der Waals surface area (Å²) in [6, 6.07) is 4.09. The molecule has 0 saturated heterocycles. The summed E-state index contributed by atoms with van der Waals surface area (Å²) in [6.07, 6.45) is -2.69. The van der Waals surface area contributed by atoms with E-state index in [9.17, 15) is 13.6 Å². The van der Waals surface area contributed by atoms with E-state index in [-0.39, 0.29) is 20.3 Å². The highest BCUT2D eigenvalue weighted by atomic mass is 127. The number of halogens is 3. The van der Waals surface area contributed by atoms with Crippen LogP contribution in [0.5, 0.6) is 0 Å². The summed E-state index contributed by atoms with van der Waals surface area (Å²) in [5.41, 5.74) is -0.357. The first-order valence-electron chi connectivity index (χ1n) is 4.11. The van der Waals surface area contributed by atoms with Gasteiger partial charge in [-0.05, 0) is 28.7 Å². The second-order valence-electron chi connectivity index (χ2n) is 2.80. The molecule has 0 aliphatic carbocycles. The minimum Gasteiger partial charge on any atom is -0.465 e. The van der Waals surface area contributed by atoms with Gasteiger partial charge >= 0.3 is 5.97 Å². The number of nitrogens with zero attached hydrogens (tertiary/aromatic N) is 1. The molecule has 0 aromatic heterocycles. The highest BCUT2D eigenvalue weighted by Crippen LogP contribution is 2.29.